The highest BCUT2D eigenvalue weighted by atomic mass is 16.5. The molecule has 0 saturated heterocycles. The van der Waals surface area contributed by atoms with Gasteiger partial charge in [-0.15, -0.1) is 0 Å². The summed E-state index contributed by atoms with van der Waals surface area (Å²) in [4.78, 5) is 22.9. The topological polar surface area (TPSA) is 73.1 Å². The van der Waals surface area contributed by atoms with Crippen LogP contribution in [0.1, 0.15) is 43.4 Å². The van der Waals surface area contributed by atoms with E-state index < -0.39 is 0 Å². The van der Waals surface area contributed by atoms with Gasteiger partial charge in [0, 0.05) is 38.2 Å². The first kappa shape index (κ1) is 16.1. The number of anilines is 1. The van der Waals surface area contributed by atoms with Crippen molar-refractivity contribution in [2.24, 2.45) is 7.05 Å². The van der Waals surface area contributed by atoms with Crippen LogP contribution in [0.15, 0.2) is 23.3 Å². The molecule has 2 aliphatic rings. The molecule has 0 spiro atoms. The van der Waals surface area contributed by atoms with Gasteiger partial charge in [-0.1, -0.05) is 6.42 Å². The Morgan fingerprint density at radius 3 is 2.88 bits per heavy atom. The number of hydrogen-bond donors (Lipinski definition) is 0. The van der Waals surface area contributed by atoms with E-state index in [2.05, 4.69) is 20.0 Å². The molecule has 4 rings (SSSR count). The van der Waals surface area contributed by atoms with Gasteiger partial charge in [-0.2, -0.15) is 10.1 Å². The van der Waals surface area contributed by atoms with Crippen molar-refractivity contribution < 1.29 is 4.74 Å². The first-order chi connectivity index (χ1) is 12.2. The van der Waals surface area contributed by atoms with Crippen LogP contribution in [0.5, 0.6) is 5.88 Å². The Hall–Kier alpha value is -2.44. The van der Waals surface area contributed by atoms with E-state index in [9.17, 15) is 4.79 Å². The predicted octanol–water partition coefficient (Wildman–Crippen LogP) is 1.84. The molecule has 0 N–H and O–H groups in total. The molecule has 2 aromatic rings. The van der Waals surface area contributed by atoms with Crippen molar-refractivity contribution in [1.29, 1.82) is 0 Å². The minimum absolute atomic E-state index is 0.0823. The van der Waals surface area contributed by atoms with Crippen LogP contribution in [-0.2, 0) is 20.0 Å². The fourth-order valence-electron chi connectivity index (χ4n) is 3.59. The monoisotopic (exact) mass is 341 g/mol. The highest BCUT2D eigenvalue weighted by molar-refractivity contribution is 5.41. The molecule has 1 fully saturated rings. The number of ether oxygens (including phenoxy) is 1. The van der Waals surface area contributed by atoms with Crippen LogP contribution in [0.4, 0.5) is 5.82 Å². The molecule has 0 bridgehead atoms. The zero-order valence-electron chi connectivity index (χ0n) is 14.5. The SMILES string of the molecule is Cn1nc2c(cc1=O)CN(c1cncc(OC3CCCCC3)n1)CC2. The summed E-state index contributed by atoms with van der Waals surface area (Å²) in [5, 5.41) is 4.35. The van der Waals surface area contributed by atoms with Crippen molar-refractivity contribution >= 4 is 5.82 Å². The van der Waals surface area contributed by atoms with Crippen LogP contribution >= 0.6 is 0 Å². The fraction of sp³-hybridized carbons (Fsp3) is 0.556. The molecule has 0 atom stereocenters. The smallest absolute Gasteiger partial charge is 0.266 e. The molecule has 0 aromatic carbocycles. The van der Waals surface area contributed by atoms with Crippen LogP contribution < -0.4 is 15.2 Å². The van der Waals surface area contributed by atoms with Crippen molar-refractivity contribution in [3.63, 3.8) is 0 Å². The van der Waals surface area contributed by atoms with Gasteiger partial charge < -0.3 is 9.64 Å². The highest BCUT2D eigenvalue weighted by Crippen LogP contribution is 2.25. The minimum atomic E-state index is -0.0823. The lowest BCUT2D eigenvalue weighted by Crippen LogP contribution is -2.35. The summed E-state index contributed by atoms with van der Waals surface area (Å²) in [6, 6.07) is 1.67. The standard InChI is InChI=1S/C18H23N5O2/c1-22-18(24)9-13-12-23(8-7-15(13)21-22)16-10-19-11-17(20-16)25-14-5-3-2-4-6-14/h9-11,14H,2-8,12H2,1H3. The Kier molecular flexibility index (Phi) is 4.38. The van der Waals surface area contributed by atoms with Gasteiger partial charge in [-0.3, -0.25) is 9.78 Å². The lowest BCUT2D eigenvalue weighted by molar-refractivity contribution is 0.148. The van der Waals surface area contributed by atoms with E-state index in [4.69, 9.17) is 4.74 Å². The number of rotatable bonds is 3. The van der Waals surface area contributed by atoms with E-state index in [0.29, 0.717) is 12.4 Å². The molecule has 1 saturated carbocycles. The summed E-state index contributed by atoms with van der Waals surface area (Å²) in [5.74, 6) is 1.39. The average Bonchev–Trinajstić information content (AvgIpc) is 2.63. The number of nitrogens with zero attached hydrogens (tertiary/aromatic N) is 5. The van der Waals surface area contributed by atoms with Crippen LogP contribution in [-0.4, -0.2) is 32.4 Å². The van der Waals surface area contributed by atoms with Crippen LogP contribution in [0.3, 0.4) is 0 Å². The number of hydrogen-bond acceptors (Lipinski definition) is 6. The molecule has 0 unspecified atom stereocenters. The van der Waals surface area contributed by atoms with Crippen LogP contribution in [0.25, 0.3) is 0 Å². The van der Waals surface area contributed by atoms with E-state index in [1.165, 1.54) is 23.9 Å². The van der Waals surface area contributed by atoms with Crippen molar-refractivity contribution in [3.8, 4) is 5.88 Å². The van der Waals surface area contributed by atoms with Gasteiger partial charge in [-0.25, -0.2) is 4.68 Å². The first-order valence-corrected chi connectivity index (χ1v) is 8.99. The van der Waals surface area contributed by atoms with Gasteiger partial charge >= 0.3 is 0 Å². The molecule has 2 aromatic heterocycles. The average molecular weight is 341 g/mol. The van der Waals surface area contributed by atoms with Crippen molar-refractivity contribution in [2.45, 2.75) is 51.2 Å². The van der Waals surface area contributed by atoms with Crippen molar-refractivity contribution in [1.82, 2.24) is 19.7 Å². The lowest BCUT2D eigenvalue weighted by atomic mass is 9.98. The normalized spacial score (nSPS) is 18.0. The van der Waals surface area contributed by atoms with E-state index >= 15 is 0 Å². The maximum absolute atomic E-state index is 11.8. The second kappa shape index (κ2) is 6.82. The Morgan fingerprint density at radius 2 is 2.04 bits per heavy atom. The Morgan fingerprint density at radius 1 is 1.20 bits per heavy atom. The third-order valence-corrected chi connectivity index (χ3v) is 5.00. The zero-order chi connectivity index (χ0) is 17.2. The van der Waals surface area contributed by atoms with Gasteiger partial charge in [0.25, 0.3) is 5.56 Å². The molecule has 3 heterocycles. The highest BCUT2D eigenvalue weighted by Gasteiger charge is 2.21. The molecule has 1 aliphatic carbocycles. The second-order valence-electron chi connectivity index (χ2n) is 6.84. The number of aryl methyl sites for hydroxylation is 1. The van der Waals surface area contributed by atoms with Gasteiger partial charge in [0.05, 0.1) is 18.1 Å². The summed E-state index contributed by atoms with van der Waals surface area (Å²) in [7, 11) is 1.69. The lowest BCUT2D eigenvalue weighted by Gasteiger charge is -2.29. The summed E-state index contributed by atoms with van der Waals surface area (Å²) in [6.45, 7) is 1.43. The fourth-order valence-corrected chi connectivity index (χ4v) is 3.59. The molecule has 7 nitrogen and oxygen atoms in total. The molecule has 132 valence electrons. The second-order valence-corrected chi connectivity index (χ2v) is 6.84. The minimum Gasteiger partial charge on any atom is -0.473 e. The Balaban J connectivity index is 1.51. The summed E-state index contributed by atoms with van der Waals surface area (Å²) >= 11 is 0. The third kappa shape index (κ3) is 3.50. The third-order valence-electron chi connectivity index (χ3n) is 5.00. The van der Waals surface area contributed by atoms with Gasteiger partial charge in [0.2, 0.25) is 5.88 Å². The van der Waals surface area contributed by atoms with E-state index in [1.807, 2.05) is 0 Å². The van der Waals surface area contributed by atoms with E-state index in [0.717, 1.165) is 42.9 Å². The maximum Gasteiger partial charge on any atom is 0.266 e. The van der Waals surface area contributed by atoms with Gasteiger partial charge in [0.15, 0.2) is 5.82 Å². The molecular formula is C18H23N5O2. The Bertz CT molecular complexity index is 813. The van der Waals surface area contributed by atoms with Gasteiger partial charge in [0.1, 0.15) is 6.10 Å². The first-order valence-electron chi connectivity index (χ1n) is 8.99. The van der Waals surface area contributed by atoms with E-state index in [1.54, 1.807) is 25.5 Å². The predicted molar refractivity (Wildman–Crippen MR) is 93.8 cm³/mol. The summed E-state index contributed by atoms with van der Waals surface area (Å²) < 4.78 is 7.42. The van der Waals surface area contributed by atoms with Crippen LogP contribution in [0.2, 0.25) is 0 Å². The van der Waals surface area contributed by atoms with Crippen molar-refractivity contribution in [2.75, 3.05) is 11.4 Å². The van der Waals surface area contributed by atoms with Crippen molar-refractivity contribution in [3.05, 3.63) is 40.1 Å². The number of aromatic nitrogens is 4. The van der Waals surface area contributed by atoms with E-state index in [-0.39, 0.29) is 11.7 Å². The molecular weight excluding hydrogens is 318 g/mol. The largest absolute Gasteiger partial charge is 0.473 e. The summed E-state index contributed by atoms with van der Waals surface area (Å²) in [5.41, 5.74) is 1.87. The maximum atomic E-state index is 11.8. The molecule has 25 heavy (non-hydrogen) atoms. The quantitative estimate of drug-likeness (QED) is 0.848. The molecule has 0 amide bonds. The summed E-state index contributed by atoms with van der Waals surface area (Å²) in [6.07, 6.45) is 10.4. The van der Waals surface area contributed by atoms with Crippen LogP contribution in [0, 0.1) is 0 Å². The molecule has 1 aliphatic heterocycles. The molecule has 7 heteroatoms. The van der Waals surface area contributed by atoms with Gasteiger partial charge in [-0.05, 0) is 25.7 Å². The number of fused-ring (bicyclic) bond motifs is 1. The zero-order valence-corrected chi connectivity index (χ0v) is 14.5. The molecule has 0 radical (unpaired) electrons. The Labute approximate surface area is 146 Å².